The van der Waals surface area contributed by atoms with E-state index in [4.69, 9.17) is 19.9 Å². The summed E-state index contributed by atoms with van der Waals surface area (Å²) in [6.45, 7) is 7.15. The number of aliphatic hydroxyl groups is 15. The predicted octanol–water partition coefficient (Wildman–Crippen LogP) is 3.20. The van der Waals surface area contributed by atoms with E-state index in [-0.39, 0.29) is 93.8 Å². The minimum atomic E-state index is -1.65. The number of carbonyl (C=O) groups is 3. The van der Waals surface area contributed by atoms with E-state index >= 15 is 0 Å². The summed E-state index contributed by atoms with van der Waals surface area (Å²) in [6, 6.07) is 0. The fourth-order valence-electron chi connectivity index (χ4n) is 10.6. The molecule has 93 heavy (non-hydrogen) atoms. The first-order chi connectivity index (χ1) is 44.2. The van der Waals surface area contributed by atoms with Crippen LogP contribution in [0.5, 0.6) is 0 Å². The fourth-order valence-corrected chi connectivity index (χ4v) is 10.6. The second-order valence-corrected chi connectivity index (χ2v) is 24.6. The van der Waals surface area contributed by atoms with Crippen molar-refractivity contribution in [3.05, 3.63) is 145 Å². The number of hydrogen-bond acceptors (Lipinski definition) is 22. The van der Waals surface area contributed by atoms with Gasteiger partial charge >= 0.3 is 0 Å². The van der Waals surface area contributed by atoms with Crippen LogP contribution in [-0.4, -0.2) is 217 Å². The fraction of sp³-hybridized carbons (Fsp3) is 0.614. The Hall–Kier alpha value is -5.23. The van der Waals surface area contributed by atoms with Gasteiger partial charge in [0.05, 0.1) is 85.5 Å². The van der Waals surface area contributed by atoms with Crippen LogP contribution in [0.25, 0.3) is 0 Å². The molecule has 0 saturated carbocycles. The van der Waals surface area contributed by atoms with Crippen molar-refractivity contribution in [2.75, 3.05) is 6.54 Å². The van der Waals surface area contributed by atoms with Crippen molar-refractivity contribution in [2.24, 2.45) is 23.5 Å². The van der Waals surface area contributed by atoms with Crippen LogP contribution in [0.2, 0.25) is 0 Å². The van der Waals surface area contributed by atoms with Crippen molar-refractivity contribution in [2.45, 2.75) is 247 Å². The zero-order chi connectivity index (χ0) is 69.0. The van der Waals surface area contributed by atoms with Crippen LogP contribution in [0.1, 0.15) is 130 Å². The quantitative estimate of drug-likeness (QED) is 0.0137. The smallest absolute Gasteiger partial charge is 0.248 e. The van der Waals surface area contributed by atoms with Gasteiger partial charge in [0.15, 0.2) is 12.1 Å². The summed E-state index contributed by atoms with van der Waals surface area (Å²) in [7, 11) is 0. The molecule has 2 fully saturated rings. The number of Topliss-reactive ketones (excluding diaryl/α,β-unsaturated/α-hetero) is 2. The molecule has 22 unspecified atom stereocenters. The van der Waals surface area contributed by atoms with Crippen LogP contribution in [0.15, 0.2) is 145 Å². The molecule has 2 heterocycles. The van der Waals surface area contributed by atoms with Gasteiger partial charge in [0.25, 0.3) is 0 Å². The van der Waals surface area contributed by atoms with Gasteiger partial charge in [0.2, 0.25) is 5.91 Å². The number of hydrogen-bond donors (Lipinski definition) is 17. The number of unbranched alkanes of at least 4 members (excludes halogenated alkanes) is 1. The first-order valence-electron chi connectivity index (χ1n) is 32.5. The van der Waals surface area contributed by atoms with Crippen molar-refractivity contribution in [3.8, 4) is 0 Å². The number of aliphatic hydroxyl groups excluding tert-OH is 15. The molecular weight excluding hydrogens is 1200 g/mol. The van der Waals surface area contributed by atoms with Gasteiger partial charge in [-0.2, -0.15) is 0 Å². The molecule has 0 spiro atoms. The molecule has 22 atom stereocenters. The Morgan fingerprint density at radius 3 is 1.85 bits per heavy atom. The van der Waals surface area contributed by atoms with Crippen molar-refractivity contribution < 1.29 is 105 Å². The molecule has 3 rings (SSSR count). The second-order valence-electron chi connectivity index (χ2n) is 24.6. The summed E-state index contributed by atoms with van der Waals surface area (Å²) in [5.41, 5.74) is 5.42. The minimum absolute atomic E-state index is 0.0156. The number of nitrogens with two attached hydrogens (primary N) is 1. The summed E-state index contributed by atoms with van der Waals surface area (Å²) in [6.07, 6.45) is 19.6. The number of ketones is 2. The highest BCUT2D eigenvalue weighted by Crippen LogP contribution is 2.33. The number of allylic oxidation sites excluding steroid dienone is 18. The van der Waals surface area contributed by atoms with Crippen LogP contribution in [0, 0.1) is 17.8 Å². The second kappa shape index (κ2) is 45.3. The third kappa shape index (κ3) is 33.3. The molecule has 0 aromatic rings. The van der Waals surface area contributed by atoms with Gasteiger partial charge in [-0.25, -0.2) is 0 Å². The first kappa shape index (κ1) is 82.0. The Morgan fingerprint density at radius 2 is 1.19 bits per heavy atom. The average Bonchev–Trinajstić information content (AvgIpc) is 1.87. The van der Waals surface area contributed by atoms with Gasteiger partial charge in [-0.3, -0.25) is 14.4 Å². The largest absolute Gasteiger partial charge is 0.510 e. The molecular formula is C70H108N2O21. The van der Waals surface area contributed by atoms with Crippen molar-refractivity contribution >= 4 is 17.5 Å². The SMILES string of the molecule is CC(/C=C/CC/C=C/C=C/C=C/C=C/C(=O)NC1=C(O)CCC1=O)C(O)C(C)C(O)/C=C/C=C/C=C/C=C/C=C/CC(OC1OC(C)C(O)C(O)C1O)C(C)C(=O)CC(O)CC(O)CC(O)/C=C/CC(O)CC(O)CC(O)CC(O)C1OC1CC(O)CC(O)CCCN. The highest BCUT2D eigenvalue weighted by molar-refractivity contribution is 6.03. The summed E-state index contributed by atoms with van der Waals surface area (Å²) in [5, 5.41) is 160. The lowest BCUT2D eigenvalue weighted by Gasteiger charge is -2.41. The molecule has 0 bridgehead atoms. The van der Waals surface area contributed by atoms with Crippen molar-refractivity contribution in [3.63, 3.8) is 0 Å². The summed E-state index contributed by atoms with van der Waals surface area (Å²) >= 11 is 0. The van der Waals surface area contributed by atoms with E-state index in [1.165, 1.54) is 31.2 Å². The van der Waals surface area contributed by atoms with E-state index in [1.54, 1.807) is 92.8 Å². The molecule has 2 aliphatic heterocycles. The first-order valence-corrected chi connectivity index (χ1v) is 32.5. The monoisotopic (exact) mass is 1310 g/mol. The van der Waals surface area contributed by atoms with Crippen LogP contribution in [0.3, 0.4) is 0 Å². The number of epoxide rings is 1. The minimum Gasteiger partial charge on any atom is -0.510 e. The Morgan fingerprint density at radius 1 is 0.613 bits per heavy atom. The number of amides is 1. The lowest BCUT2D eigenvalue weighted by Crippen LogP contribution is -2.58. The van der Waals surface area contributed by atoms with Crippen molar-refractivity contribution in [1.29, 1.82) is 0 Å². The summed E-state index contributed by atoms with van der Waals surface area (Å²) in [5.74, 6) is -2.91. The Labute approximate surface area is 547 Å². The van der Waals surface area contributed by atoms with Crippen LogP contribution in [-0.2, 0) is 28.6 Å². The maximum Gasteiger partial charge on any atom is 0.248 e. The molecule has 18 N–H and O–H groups in total. The standard InChI is InChI=1S/C70H108N2O21/c1-44(26-20-16-12-8-5-6-11-15-19-23-32-63(86)72-64-57(82)33-34-58(64)83)65(87)46(3)56(81)30-21-17-13-9-7-10-14-18-22-31-61(93-70-68(90)67(89)66(88)47(4)91-70)45(2)59(84)41-53(78)39-51(76)36-48(73)27-24-28-49(74)37-52(77)40-54(79)42-60(85)69-62(92-69)43-55(80)38-50(75)29-25-35-71/h5-11,13-15,17-24,26-27,30,32,44-56,60-62,65-70,73-82,85,87-90H,12,16,25,28-29,31,33-43,71H2,1-4H3,(H,72,86)/b8-5+,9-7+,11-6+,14-10+,17-13+,19-15+,22-18+,26-20+,27-24+,30-21+,32-23+. The average molecular weight is 1310 g/mol. The van der Waals surface area contributed by atoms with E-state index in [0.717, 1.165) is 12.8 Å². The van der Waals surface area contributed by atoms with E-state index in [2.05, 4.69) is 5.32 Å². The normalized spacial score (nSPS) is 26.1. The molecule has 524 valence electrons. The number of ether oxygens (including phenoxy) is 3. The predicted molar refractivity (Wildman–Crippen MR) is 351 cm³/mol. The molecule has 2 saturated heterocycles. The van der Waals surface area contributed by atoms with Crippen LogP contribution in [0.4, 0.5) is 0 Å². The third-order valence-electron chi connectivity index (χ3n) is 16.3. The van der Waals surface area contributed by atoms with Gasteiger partial charge in [-0.1, -0.05) is 148 Å². The van der Waals surface area contributed by atoms with Gasteiger partial charge in [-0.15, -0.1) is 0 Å². The molecule has 0 radical (unpaired) electrons. The van der Waals surface area contributed by atoms with E-state index < -0.39 is 146 Å². The van der Waals surface area contributed by atoms with E-state index in [9.17, 15) is 91.0 Å². The number of nitrogens with one attached hydrogen (secondary N) is 1. The Bertz CT molecular complexity index is 2560. The molecule has 23 heteroatoms. The topological polar surface area (TPSA) is 424 Å². The molecule has 23 nitrogen and oxygen atoms in total. The maximum atomic E-state index is 13.6. The summed E-state index contributed by atoms with van der Waals surface area (Å²) in [4.78, 5) is 37.2. The van der Waals surface area contributed by atoms with E-state index in [0.29, 0.717) is 19.4 Å². The number of carbonyl (C=O) groups excluding carboxylic acids is 3. The van der Waals surface area contributed by atoms with Crippen LogP contribution >= 0.6 is 0 Å². The molecule has 0 aromatic carbocycles. The van der Waals surface area contributed by atoms with Gasteiger partial charge in [0.1, 0.15) is 41.7 Å². The Balaban J connectivity index is 1.39. The lowest BCUT2D eigenvalue weighted by atomic mass is 9.88. The third-order valence-corrected chi connectivity index (χ3v) is 16.3. The molecule has 1 aliphatic carbocycles. The highest BCUT2D eigenvalue weighted by Gasteiger charge is 2.46. The van der Waals surface area contributed by atoms with E-state index in [1.807, 2.05) is 37.3 Å². The Kier molecular flexibility index (Phi) is 39.9. The highest BCUT2D eigenvalue weighted by atomic mass is 16.7. The maximum absolute atomic E-state index is 13.6. The van der Waals surface area contributed by atoms with Gasteiger partial charge in [0, 0.05) is 62.4 Å². The molecule has 1 amide bonds. The van der Waals surface area contributed by atoms with Gasteiger partial charge < -0.3 is 102 Å². The van der Waals surface area contributed by atoms with Gasteiger partial charge in [-0.05, 0) is 77.7 Å². The summed E-state index contributed by atoms with van der Waals surface area (Å²) < 4.78 is 17.2. The zero-order valence-corrected chi connectivity index (χ0v) is 54.2. The molecule has 3 aliphatic rings. The van der Waals surface area contributed by atoms with Crippen LogP contribution < -0.4 is 11.1 Å². The zero-order valence-electron chi connectivity index (χ0n) is 54.2. The molecule has 0 aromatic heterocycles. The van der Waals surface area contributed by atoms with Crippen molar-refractivity contribution in [1.82, 2.24) is 5.32 Å². The lowest BCUT2D eigenvalue weighted by molar-refractivity contribution is -0.306. The number of rotatable bonds is 46.